The third-order valence-electron chi connectivity index (χ3n) is 7.29. The van der Waals surface area contributed by atoms with E-state index in [0.29, 0.717) is 22.5 Å². The Morgan fingerprint density at radius 3 is 2.67 bits per heavy atom. The van der Waals surface area contributed by atoms with Crippen LogP contribution in [-0.2, 0) is 4.74 Å². The first-order valence-corrected chi connectivity index (χ1v) is 10.9. The number of aromatic nitrogens is 3. The number of phenolic OH excluding ortho intramolecular Hbond substituents is 1. The fraction of sp³-hybridized carbons (Fsp3) is 0.400. The van der Waals surface area contributed by atoms with Crippen LogP contribution in [0.1, 0.15) is 32.4 Å². The third kappa shape index (κ3) is 3.31. The molecule has 6 nitrogen and oxygen atoms in total. The van der Waals surface area contributed by atoms with Crippen LogP contribution in [0.5, 0.6) is 5.75 Å². The Bertz CT molecular complexity index is 1240. The smallest absolute Gasteiger partial charge is 0.267 e. The molecule has 2 fully saturated rings. The average Bonchev–Trinajstić information content (AvgIpc) is 2.92. The molecule has 2 aliphatic rings. The van der Waals surface area contributed by atoms with Crippen molar-refractivity contribution in [3.63, 3.8) is 0 Å². The van der Waals surface area contributed by atoms with Crippen molar-refractivity contribution in [2.75, 3.05) is 7.11 Å². The minimum absolute atomic E-state index is 0.0776. The number of rotatable bonds is 4. The number of nitrogens with zero attached hydrogens (tertiary/aromatic N) is 3. The average molecular weight is 453 g/mol. The predicted octanol–water partition coefficient (Wildman–Crippen LogP) is 4.59. The summed E-state index contributed by atoms with van der Waals surface area (Å²) in [7, 11) is 1.55. The van der Waals surface area contributed by atoms with E-state index in [1.165, 1.54) is 0 Å². The second-order valence-corrected chi connectivity index (χ2v) is 9.63. The number of halogens is 2. The number of aromatic hydroxyl groups is 1. The maximum atomic E-state index is 14.9. The number of hydrogen-bond donors (Lipinski definition) is 2. The molecule has 4 heterocycles. The number of piperidine rings is 1. The van der Waals surface area contributed by atoms with E-state index in [4.69, 9.17) is 4.74 Å². The van der Waals surface area contributed by atoms with E-state index < -0.39 is 23.1 Å². The number of fused-ring (bicyclic) bond motifs is 3. The molecule has 2 aromatic heterocycles. The number of pyridine rings is 1. The maximum absolute atomic E-state index is 14.9. The van der Waals surface area contributed by atoms with Crippen LogP contribution in [0.25, 0.3) is 27.6 Å². The summed E-state index contributed by atoms with van der Waals surface area (Å²) in [6.45, 7) is 7.55. The minimum Gasteiger partial charge on any atom is -0.507 e. The first-order chi connectivity index (χ1) is 15.6. The van der Waals surface area contributed by atoms with Crippen LogP contribution in [0.2, 0.25) is 0 Å². The van der Waals surface area contributed by atoms with Gasteiger partial charge in [0.25, 0.3) is 5.92 Å². The van der Waals surface area contributed by atoms with Gasteiger partial charge in [-0.1, -0.05) is 6.58 Å². The van der Waals surface area contributed by atoms with Crippen LogP contribution in [0.15, 0.2) is 49.6 Å². The molecule has 5 rings (SSSR count). The van der Waals surface area contributed by atoms with Gasteiger partial charge in [0, 0.05) is 48.3 Å². The molecule has 2 bridgehead atoms. The lowest BCUT2D eigenvalue weighted by Crippen LogP contribution is -2.64. The highest BCUT2D eigenvalue weighted by Gasteiger charge is 2.68. The molecule has 172 valence electrons. The molecule has 2 N–H and O–H groups in total. The lowest BCUT2D eigenvalue weighted by Gasteiger charge is -2.47. The second-order valence-electron chi connectivity index (χ2n) is 9.63. The first kappa shape index (κ1) is 21.9. The van der Waals surface area contributed by atoms with Gasteiger partial charge in [-0.3, -0.25) is 20.3 Å². The summed E-state index contributed by atoms with van der Waals surface area (Å²) in [6, 6.07) is 5.33. The minimum atomic E-state index is -2.85. The zero-order valence-electron chi connectivity index (χ0n) is 18.8. The zero-order valence-corrected chi connectivity index (χ0v) is 18.8. The lowest BCUT2D eigenvalue weighted by atomic mass is 9.73. The Labute approximate surface area is 190 Å². The molecule has 1 aromatic carbocycles. The monoisotopic (exact) mass is 452 g/mol. The predicted molar refractivity (Wildman–Crippen MR) is 122 cm³/mol. The molecular weight excluding hydrogens is 426 g/mol. The molecule has 0 radical (unpaired) electrons. The molecule has 2 aliphatic heterocycles. The third-order valence-corrected chi connectivity index (χ3v) is 7.29. The molecule has 0 aliphatic carbocycles. The van der Waals surface area contributed by atoms with Crippen molar-refractivity contribution in [2.24, 2.45) is 5.92 Å². The van der Waals surface area contributed by atoms with Crippen LogP contribution in [-0.4, -0.2) is 50.3 Å². The largest absolute Gasteiger partial charge is 0.507 e. The van der Waals surface area contributed by atoms with Crippen LogP contribution >= 0.6 is 0 Å². The Morgan fingerprint density at radius 2 is 1.97 bits per heavy atom. The first-order valence-electron chi connectivity index (χ1n) is 10.9. The zero-order chi connectivity index (χ0) is 23.6. The van der Waals surface area contributed by atoms with Crippen LogP contribution in [0.4, 0.5) is 8.78 Å². The summed E-state index contributed by atoms with van der Waals surface area (Å²) in [4.78, 5) is 13.1. The lowest BCUT2D eigenvalue weighted by molar-refractivity contribution is -0.0653. The van der Waals surface area contributed by atoms with E-state index >= 15 is 0 Å². The molecule has 4 atom stereocenters. The number of alkyl halides is 2. The second kappa shape index (κ2) is 7.27. The fourth-order valence-corrected chi connectivity index (χ4v) is 5.67. The van der Waals surface area contributed by atoms with Gasteiger partial charge in [-0.2, -0.15) is 0 Å². The van der Waals surface area contributed by atoms with E-state index in [1.807, 2.05) is 12.1 Å². The molecule has 0 unspecified atom stereocenters. The van der Waals surface area contributed by atoms with Gasteiger partial charge in [-0.15, -0.1) is 0 Å². The quantitative estimate of drug-likeness (QED) is 0.603. The highest BCUT2D eigenvalue weighted by atomic mass is 19.3. The summed E-state index contributed by atoms with van der Waals surface area (Å²) < 4.78 is 35.5. The summed E-state index contributed by atoms with van der Waals surface area (Å²) in [5.74, 6) is -3.12. The summed E-state index contributed by atoms with van der Waals surface area (Å²) in [6.07, 6.45) is 5.92. The van der Waals surface area contributed by atoms with Gasteiger partial charge in [-0.05, 0) is 49.4 Å². The number of ether oxygens (including phenoxy) is 1. The molecule has 0 spiro atoms. The Hall–Kier alpha value is -2.97. The Morgan fingerprint density at radius 1 is 1.18 bits per heavy atom. The number of phenols is 1. The van der Waals surface area contributed by atoms with E-state index in [0.717, 1.165) is 10.8 Å². The topological polar surface area (TPSA) is 80.2 Å². The molecule has 8 heteroatoms. The van der Waals surface area contributed by atoms with Gasteiger partial charge < -0.3 is 9.84 Å². The van der Waals surface area contributed by atoms with Crippen LogP contribution in [0.3, 0.4) is 0 Å². The van der Waals surface area contributed by atoms with Gasteiger partial charge in [0.1, 0.15) is 5.75 Å². The van der Waals surface area contributed by atoms with Crippen molar-refractivity contribution in [1.82, 2.24) is 20.3 Å². The van der Waals surface area contributed by atoms with Gasteiger partial charge in [-0.25, -0.2) is 8.78 Å². The van der Waals surface area contributed by atoms with E-state index in [1.54, 1.807) is 51.8 Å². The van der Waals surface area contributed by atoms with E-state index in [-0.39, 0.29) is 24.5 Å². The van der Waals surface area contributed by atoms with Crippen molar-refractivity contribution < 1.29 is 18.6 Å². The SMILES string of the molecule is C=C(c1cnc(-c2cc3ccncc3cc2O)cn1)[C@H]1C[C@@]2(C)N[C@](C)(CC2(F)F)[C@@H]1OC. The van der Waals surface area contributed by atoms with Gasteiger partial charge in [0.05, 0.1) is 35.4 Å². The van der Waals surface area contributed by atoms with Crippen molar-refractivity contribution in [3.8, 4) is 17.0 Å². The maximum Gasteiger partial charge on any atom is 0.267 e. The summed E-state index contributed by atoms with van der Waals surface area (Å²) in [5.41, 5.74) is -0.0328. The number of nitrogens with one attached hydrogen (secondary N) is 1. The van der Waals surface area contributed by atoms with Gasteiger partial charge in [0.2, 0.25) is 0 Å². The molecular formula is C25H26F2N4O2. The Balaban J connectivity index is 1.46. The molecule has 33 heavy (non-hydrogen) atoms. The molecule has 2 saturated heterocycles. The summed E-state index contributed by atoms with van der Waals surface area (Å²) in [5, 5.41) is 15.4. The highest BCUT2D eigenvalue weighted by Crippen LogP contribution is 2.55. The van der Waals surface area contributed by atoms with Crippen molar-refractivity contribution in [3.05, 3.63) is 55.3 Å². The van der Waals surface area contributed by atoms with Gasteiger partial charge >= 0.3 is 0 Å². The normalized spacial score (nSPS) is 30.5. The highest BCUT2D eigenvalue weighted by molar-refractivity contribution is 5.89. The van der Waals surface area contributed by atoms with E-state index in [9.17, 15) is 13.9 Å². The molecule has 3 aromatic rings. The standard InChI is InChI=1S/C25H26F2N4O2/c1-14(18-9-24(3)25(26,27)13-23(2,31-24)22(18)33-4)19-11-30-20(12-29-19)17-7-15-5-6-28-10-16(15)8-21(17)32/h5-8,10-12,18,22,31-32H,1,9,13H2,2-4H3/t18-,22-,23-,24-/m1/s1. The number of methoxy groups -OCH3 is 1. The number of hydrogen-bond acceptors (Lipinski definition) is 6. The van der Waals surface area contributed by atoms with E-state index in [2.05, 4.69) is 26.8 Å². The fourth-order valence-electron chi connectivity index (χ4n) is 5.67. The Kier molecular flexibility index (Phi) is 4.81. The van der Waals surface area contributed by atoms with Crippen molar-refractivity contribution >= 4 is 16.3 Å². The van der Waals surface area contributed by atoms with Gasteiger partial charge in [0.15, 0.2) is 0 Å². The van der Waals surface area contributed by atoms with Crippen molar-refractivity contribution in [1.29, 1.82) is 0 Å². The molecule has 0 amide bonds. The molecule has 0 saturated carbocycles. The van der Waals surface area contributed by atoms with Crippen LogP contribution < -0.4 is 5.32 Å². The van der Waals surface area contributed by atoms with Crippen LogP contribution in [0, 0.1) is 5.92 Å². The van der Waals surface area contributed by atoms with Crippen molar-refractivity contribution in [2.45, 2.75) is 49.8 Å². The summed E-state index contributed by atoms with van der Waals surface area (Å²) >= 11 is 0. The number of benzene rings is 1.